The first-order chi connectivity index (χ1) is 10.7. The van der Waals surface area contributed by atoms with Gasteiger partial charge in [0.05, 0.1) is 4.90 Å². The molecule has 0 fully saturated rings. The summed E-state index contributed by atoms with van der Waals surface area (Å²) in [4.78, 5) is 26.8. The van der Waals surface area contributed by atoms with Gasteiger partial charge in [-0.1, -0.05) is 0 Å². The highest BCUT2D eigenvalue weighted by atomic mass is 32.2. The number of benzene rings is 1. The maximum atomic E-state index is 12.1. The molecule has 23 heavy (non-hydrogen) atoms. The van der Waals surface area contributed by atoms with E-state index < -0.39 is 9.84 Å². The zero-order valence-corrected chi connectivity index (χ0v) is 14.0. The van der Waals surface area contributed by atoms with Crippen molar-refractivity contribution < 1.29 is 13.2 Å². The average Bonchev–Trinajstić information content (AvgIpc) is 2.45. The Morgan fingerprint density at radius 1 is 1.17 bits per heavy atom. The Morgan fingerprint density at radius 2 is 1.78 bits per heavy atom. The van der Waals surface area contributed by atoms with Crippen molar-refractivity contribution in [2.24, 2.45) is 0 Å². The van der Waals surface area contributed by atoms with Gasteiger partial charge in [-0.2, -0.15) is 0 Å². The van der Waals surface area contributed by atoms with Crippen LogP contribution < -0.4 is 10.9 Å². The summed E-state index contributed by atoms with van der Waals surface area (Å²) in [5, 5.41) is 2.67. The van der Waals surface area contributed by atoms with Gasteiger partial charge >= 0.3 is 0 Å². The number of H-pyrrole nitrogens is 1. The number of pyridine rings is 1. The summed E-state index contributed by atoms with van der Waals surface area (Å²) in [5.74, 6) is -0.371. The minimum absolute atomic E-state index is 0.105. The van der Waals surface area contributed by atoms with Crippen LogP contribution in [-0.4, -0.2) is 25.6 Å². The van der Waals surface area contributed by atoms with Gasteiger partial charge in [0.25, 0.3) is 11.5 Å². The summed E-state index contributed by atoms with van der Waals surface area (Å²) >= 11 is 0. The maximum Gasteiger partial charge on any atom is 0.253 e. The third kappa shape index (κ3) is 4.07. The van der Waals surface area contributed by atoms with Gasteiger partial charge in [-0.05, 0) is 49.7 Å². The molecular formula is C16H18N2O4S. The number of hydrogen-bond donors (Lipinski definition) is 2. The number of aromatic nitrogens is 1. The Labute approximate surface area is 134 Å². The Kier molecular flexibility index (Phi) is 4.70. The number of aromatic amines is 1. The molecule has 1 heterocycles. The molecule has 0 saturated heterocycles. The number of sulfone groups is 1. The molecule has 0 saturated carbocycles. The molecule has 0 aliphatic carbocycles. The monoisotopic (exact) mass is 334 g/mol. The van der Waals surface area contributed by atoms with E-state index in [1.165, 1.54) is 24.3 Å². The lowest BCUT2D eigenvalue weighted by molar-refractivity contribution is 0.0950. The second-order valence-electron chi connectivity index (χ2n) is 5.42. The molecule has 0 bridgehead atoms. The predicted molar refractivity (Wildman–Crippen MR) is 87.3 cm³/mol. The molecule has 1 aromatic heterocycles. The topological polar surface area (TPSA) is 96.1 Å². The summed E-state index contributed by atoms with van der Waals surface area (Å²) in [5.41, 5.74) is 2.17. The minimum Gasteiger partial charge on any atom is -0.348 e. The lowest BCUT2D eigenvalue weighted by atomic mass is 10.1. The van der Waals surface area contributed by atoms with E-state index in [1.54, 1.807) is 6.92 Å². The first-order valence-electron chi connectivity index (χ1n) is 6.96. The van der Waals surface area contributed by atoms with E-state index in [0.29, 0.717) is 11.1 Å². The first kappa shape index (κ1) is 17.0. The molecule has 2 rings (SSSR count). The van der Waals surface area contributed by atoms with Crippen LogP contribution in [0.3, 0.4) is 0 Å². The van der Waals surface area contributed by atoms with Gasteiger partial charge in [0, 0.05) is 29.6 Å². The Hall–Kier alpha value is -2.41. The van der Waals surface area contributed by atoms with Crippen LogP contribution in [0.1, 0.15) is 27.2 Å². The molecule has 2 aromatic rings. The van der Waals surface area contributed by atoms with Crippen molar-refractivity contribution in [3.63, 3.8) is 0 Å². The Balaban J connectivity index is 2.13. The normalized spacial score (nSPS) is 11.3. The minimum atomic E-state index is -3.29. The highest BCUT2D eigenvalue weighted by Gasteiger charge is 2.11. The van der Waals surface area contributed by atoms with E-state index >= 15 is 0 Å². The summed E-state index contributed by atoms with van der Waals surface area (Å²) in [6.07, 6.45) is 1.11. The molecule has 2 N–H and O–H groups in total. The van der Waals surface area contributed by atoms with Crippen molar-refractivity contribution in [3.8, 4) is 0 Å². The van der Waals surface area contributed by atoms with Crippen LogP contribution in [0.25, 0.3) is 0 Å². The molecule has 0 aliphatic heterocycles. The van der Waals surface area contributed by atoms with Crippen LogP contribution in [0.15, 0.2) is 40.0 Å². The molecule has 0 unspecified atom stereocenters. The van der Waals surface area contributed by atoms with Crippen molar-refractivity contribution >= 4 is 15.7 Å². The summed E-state index contributed by atoms with van der Waals surface area (Å²) < 4.78 is 22.8. The van der Waals surface area contributed by atoms with E-state index in [9.17, 15) is 18.0 Å². The SMILES string of the molecule is Cc1cc(C)c(CNC(=O)c2ccc(S(C)(=O)=O)cc2)c(=O)[nH]1. The molecule has 0 aliphatic rings. The van der Waals surface area contributed by atoms with Crippen LogP contribution in [0.4, 0.5) is 0 Å². The summed E-state index contributed by atoms with van der Waals surface area (Å²) in [6, 6.07) is 7.49. The zero-order chi connectivity index (χ0) is 17.2. The second kappa shape index (κ2) is 6.37. The number of carbonyl (C=O) groups is 1. The van der Waals surface area contributed by atoms with E-state index in [-0.39, 0.29) is 22.9 Å². The van der Waals surface area contributed by atoms with Gasteiger partial charge in [0.15, 0.2) is 9.84 Å². The van der Waals surface area contributed by atoms with Gasteiger partial charge in [-0.25, -0.2) is 8.42 Å². The van der Waals surface area contributed by atoms with Crippen molar-refractivity contribution in [1.82, 2.24) is 10.3 Å². The van der Waals surface area contributed by atoms with Gasteiger partial charge < -0.3 is 10.3 Å². The number of hydrogen-bond acceptors (Lipinski definition) is 4. The quantitative estimate of drug-likeness (QED) is 0.881. The largest absolute Gasteiger partial charge is 0.348 e. The molecular weight excluding hydrogens is 316 g/mol. The van der Waals surface area contributed by atoms with Crippen molar-refractivity contribution in [1.29, 1.82) is 0 Å². The van der Waals surface area contributed by atoms with Crippen LogP contribution in [0, 0.1) is 13.8 Å². The molecule has 0 radical (unpaired) electrons. The zero-order valence-electron chi connectivity index (χ0n) is 13.1. The van der Waals surface area contributed by atoms with Crippen LogP contribution in [0.2, 0.25) is 0 Å². The third-order valence-electron chi connectivity index (χ3n) is 3.46. The van der Waals surface area contributed by atoms with Gasteiger partial charge in [-0.3, -0.25) is 9.59 Å². The first-order valence-corrected chi connectivity index (χ1v) is 8.85. The number of carbonyl (C=O) groups excluding carboxylic acids is 1. The molecule has 0 spiro atoms. The summed E-state index contributed by atoms with van der Waals surface area (Å²) in [7, 11) is -3.29. The van der Waals surface area contributed by atoms with Crippen LogP contribution >= 0.6 is 0 Å². The van der Waals surface area contributed by atoms with E-state index in [4.69, 9.17) is 0 Å². The number of rotatable bonds is 4. The number of nitrogens with one attached hydrogen (secondary N) is 2. The lowest BCUT2D eigenvalue weighted by Gasteiger charge is -2.08. The van der Waals surface area contributed by atoms with Crippen LogP contribution in [0.5, 0.6) is 0 Å². The molecule has 0 atom stereocenters. The van der Waals surface area contributed by atoms with Crippen LogP contribution in [-0.2, 0) is 16.4 Å². The Bertz CT molecular complexity index is 897. The second-order valence-corrected chi connectivity index (χ2v) is 7.44. The van der Waals surface area contributed by atoms with Crippen molar-refractivity contribution in [2.45, 2.75) is 25.3 Å². The van der Waals surface area contributed by atoms with Crippen molar-refractivity contribution in [3.05, 3.63) is 63.1 Å². The molecule has 122 valence electrons. The predicted octanol–water partition coefficient (Wildman–Crippen LogP) is 1.33. The van der Waals surface area contributed by atoms with Gasteiger partial charge in [0.2, 0.25) is 0 Å². The average molecular weight is 334 g/mol. The van der Waals surface area contributed by atoms with E-state index in [0.717, 1.165) is 17.5 Å². The fourth-order valence-electron chi connectivity index (χ4n) is 2.23. The molecule has 1 amide bonds. The Morgan fingerprint density at radius 3 is 2.30 bits per heavy atom. The fraction of sp³-hybridized carbons (Fsp3) is 0.250. The smallest absolute Gasteiger partial charge is 0.253 e. The number of amides is 1. The molecule has 1 aromatic carbocycles. The number of aryl methyl sites for hydroxylation is 2. The maximum absolute atomic E-state index is 12.1. The lowest BCUT2D eigenvalue weighted by Crippen LogP contribution is -2.27. The molecule has 7 heteroatoms. The highest BCUT2D eigenvalue weighted by molar-refractivity contribution is 7.90. The molecule has 6 nitrogen and oxygen atoms in total. The highest BCUT2D eigenvalue weighted by Crippen LogP contribution is 2.10. The summed E-state index contributed by atoms with van der Waals surface area (Å²) in [6.45, 7) is 3.71. The van der Waals surface area contributed by atoms with Gasteiger partial charge in [-0.15, -0.1) is 0 Å². The van der Waals surface area contributed by atoms with E-state index in [1.807, 2.05) is 13.0 Å². The third-order valence-corrected chi connectivity index (χ3v) is 4.59. The van der Waals surface area contributed by atoms with E-state index in [2.05, 4.69) is 10.3 Å². The van der Waals surface area contributed by atoms with Crippen molar-refractivity contribution in [2.75, 3.05) is 6.26 Å². The van der Waals surface area contributed by atoms with Gasteiger partial charge in [0.1, 0.15) is 0 Å². The standard InChI is InChI=1S/C16H18N2O4S/c1-10-8-11(2)18-16(20)14(10)9-17-15(19)12-4-6-13(7-5-12)23(3,21)22/h4-8H,9H2,1-3H3,(H,17,19)(H,18,20). The fourth-order valence-corrected chi connectivity index (χ4v) is 2.86.